The lowest BCUT2D eigenvalue weighted by Gasteiger charge is -2.03. The number of aromatic amines is 1. The summed E-state index contributed by atoms with van der Waals surface area (Å²) >= 11 is 0. The summed E-state index contributed by atoms with van der Waals surface area (Å²) in [5.74, 6) is 0.254. The van der Waals surface area contributed by atoms with Crippen molar-refractivity contribution in [1.29, 1.82) is 0 Å². The Labute approximate surface area is 102 Å². The lowest BCUT2D eigenvalue weighted by atomic mass is 10.2. The summed E-state index contributed by atoms with van der Waals surface area (Å²) in [6.07, 6.45) is 4.11. The highest BCUT2D eigenvalue weighted by atomic mass is 16.1. The summed E-state index contributed by atoms with van der Waals surface area (Å²) in [6, 6.07) is 3.77. The van der Waals surface area contributed by atoms with Gasteiger partial charge in [0.05, 0.1) is 0 Å². The number of fused-ring (bicyclic) bond motifs is 1. The first-order chi connectivity index (χ1) is 8.79. The zero-order valence-electron chi connectivity index (χ0n) is 9.66. The smallest absolute Gasteiger partial charge is 0.268 e. The third-order valence-electron chi connectivity index (χ3n) is 2.76. The maximum absolute atomic E-state index is 12.3. The van der Waals surface area contributed by atoms with Gasteiger partial charge in [0.15, 0.2) is 0 Å². The van der Waals surface area contributed by atoms with Gasteiger partial charge in [0.2, 0.25) is 5.82 Å². The molecule has 0 aliphatic heterocycles. The Morgan fingerprint density at radius 3 is 3.00 bits per heavy atom. The molecule has 0 bridgehead atoms. The fourth-order valence-corrected chi connectivity index (χ4v) is 1.76. The summed E-state index contributed by atoms with van der Waals surface area (Å²) in [4.78, 5) is 16.5. The topological polar surface area (TPSA) is 88.8 Å². The zero-order valence-corrected chi connectivity index (χ0v) is 9.66. The van der Waals surface area contributed by atoms with Gasteiger partial charge in [-0.05, 0) is 23.3 Å². The largest absolute Gasteiger partial charge is 0.269 e. The average molecular weight is 242 g/mol. The van der Waals surface area contributed by atoms with Crippen molar-refractivity contribution in [2.45, 2.75) is 13.3 Å². The summed E-state index contributed by atoms with van der Waals surface area (Å²) in [7, 11) is 0. The van der Waals surface area contributed by atoms with Gasteiger partial charge in [-0.25, -0.2) is 4.98 Å². The molecule has 1 N–H and O–H groups in total. The van der Waals surface area contributed by atoms with Crippen molar-refractivity contribution in [1.82, 2.24) is 30.0 Å². The molecule has 3 aromatic heterocycles. The molecular weight excluding hydrogens is 232 g/mol. The van der Waals surface area contributed by atoms with Crippen LogP contribution < -0.4 is 5.56 Å². The predicted octanol–water partition coefficient (Wildman–Crippen LogP) is 0.437. The van der Waals surface area contributed by atoms with Gasteiger partial charge in [-0.15, -0.1) is 10.2 Å². The van der Waals surface area contributed by atoms with Gasteiger partial charge in [-0.1, -0.05) is 13.0 Å². The lowest BCUT2D eigenvalue weighted by Crippen LogP contribution is -2.17. The second-order valence-electron chi connectivity index (χ2n) is 3.83. The van der Waals surface area contributed by atoms with E-state index >= 15 is 0 Å². The standard InChI is InChI=1S/C11H10N6O/c1-2-7-3-4-9-12-5-8(10-13-15-16-14-10)11(18)17(9)6-7/h3-6H,2H2,1H3,(H,13,14,15,16). The minimum atomic E-state index is -0.197. The van der Waals surface area contributed by atoms with Crippen LogP contribution in [0.5, 0.6) is 0 Å². The summed E-state index contributed by atoms with van der Waals surface area (Å²) < 4.78 is 1.50. The molecule has 90 valence electrons. The number of nitrogens with one attached hydrogen (secondary N) is 1. The fraction of sp³-hybridized carbons (Fsp3) is 0.182. The molecule has 0 aliphatic carbocycles. The first-order valence-electron chi connectivity index (χ1n) is 5.53. The van der Waals surface area contributed by atoms with Crippen LogP contribution in [0, 0.1) is 0 Å². The summed E-state index contributed by atoms with van der Waals surface area (Å²) in [5, 5.41) is 13.4. The molecule has 0 aromatic carbocycles. The molecule has 0 fully saturated rings. The van der Waals surface area contributed by atoms with E-state index < -0.39 is 0 Å². The van der Waals surface area contributed by atoms with E-state index in [4.69, 9.17) is 0 Å². The van der Waals surface area contributed by atoms with E-state index in [1.165, 1.54) is 10.6 Å². The number of tetrazole rings is 1. The Hall–Kier alpha value is -2.57. The van der Waals surface area contributed by atoms with E-state index in [-0.39, 0.29) is 11.4 Å². The van der Waals surface area contributed by atoms with Crippen LogP contribution in [0.1, 0.15) is 12.5 Å². The number of nitrogens with zero attached hydrogens (tertiary/aromatic N) is 5. The van der Waals surface area contributed by atoms with Gasteiger partial charge in [0, 0.05) is 12.4 Å². The first-order valence-corrected chi connectivity index (χ1v) is 5.53. The fourth-order valence-electron chi connectivity index (χ4n) is 1.76. The molecule has 3 heterocycles. The maximum atomic E-state index is 12.3. The van der Waals surface area contributed by atoms with Crippen molar-refractivity contribution < 1.29 is 0 Å². The first kappa shape index (κ1) is 10.6. The van der Waals surface area contributed by atoms with E-state index in [9.17, 15) is 4.79 Å². The van der Waals surface area contributed by atoms with Gasteiger partial charge >= 0.3 is 0 Å². The molecule has 0 spiro atoms. The van der Waals surface area contributed by atoms with E-state index in [1.54, 1.807) is 6.20 Å². The van der Waals surface area contributed by atoms with Gasteiger partial charge < -0.3 is 0 Å². The number of aromatic nitrogens is 6. The predicted molar refractivity (Wildman–Crippen MR) is 64.0 cm³/mol. The third-order valence-corrected chi connectivity index (χ3v) is 2.76. The molecule has 7 nitrogen and oxygen atoms in total. The second-order valence-corrected chi connectivity index (χ2v) is 3.83. The van der Waals surface area contributed by atoms with E-state index in [1.807, 2.05) is 19.1 Å². The molecule has 18 heavy (non-hydrogen) atoms. The Balaban J connectivity index is 2.31. The maximum Gasteiger partial charge on any atom is 0.269 e. The molecule has 0 unspecified atom stereocenters. The molecule has 0 saturated heterocycles. The Kier molecular flexibility index (Phi) is 2.36. The van der Waals surface area contributed by atoms with Crippen LogP contribution in [-0.2, 0) is 6.42 Å². The van der Waals surface area contributed by atoms with Crippen molar-refractivity contribution in [2.75, 3.05) is 0 Å². The van der Waals surface area contributed by atoms with Crippen LogP contribution in [0.4, 0.5) is 0 Å². The summed E-state index contributed by atoms with van der Waals surface area (Å²) in [6.45, 7) is 2.03. The highest BCUT2D eigenvalue weighted by Gasteiger charge is 2.11. The number of pyridine rings is 1. The normalized spacial score (nSPS) is 10.9. The molecule has 0 aliphatic rings. The number of H-pyrrole nitrogens is 1. The van der Waals surface area contributed by atoms with Crippen LogP contribution in [0.25, 0.3) is 17.0 Å². The Morgan fingerprint density at radius 2 is 2.28 bits per heavy atom. The van der Waals surface area contributed by atoms with Gasteiger partial charge in [0.25, 0.3) is 5.56 Å². The molecule has 0 amide bonds. The van der Waals surface area contributed by atoms with Crippen LogP contribution in [0.3, 0.4) is 0 Å². The van der Waals surface area contributed by atoms with Crippen LogP contribution >= 0.6 is 0 Å². The minimum Gasteiger partial charge on any atom is -0.268 e. The van der Waals surface area contributed by atoms with Crippen molar-refractivity contribution in [2.24, 2.45) is 0 Å². The number of rotatable bonds is 2. The molecular formula is C11H10N6O. The average Bonchev–Trinajstić information content (AvgIpc) is 2.93. The van der Waals surface area contributed by atoms with Crippen molar-refractivity contribution in [3.05, 3.63) is 40.4 Å². The van der Waals surface area contributed by atoms with Crippen molar-refractivity contribution in [3.63, 3.8) is 0 Å². The minimum absolute atomic E-state index is 0.197. The van der Waals surface area contributed by atoms with E-state index in [2.05, 4.69) is 25.6 Å². The van der Waals surface area contributed by atoms with Gasteiger partial charge in [-0.3, -0.25) is 9.20 Å². The summed E-state index contributed by atoms with van der Waals surface area (Å²) in [5.41, 5.74) is 1.80. The van der Waals surface area contributed by atoms with Crippen LogP contribution in [0.15, 0.2) is 29.3 Å². The quantitative estimate of drug-likeness (QED) is 0.704. The molecule has 0 saturated carbocycles. The molecule has 3 rings (SSSR count). The SMILES string of the molecule is CCc1ccc2ncc(-c3nn[nH]n3)c(=O)n2c1. The Bertz CT molecular complexity index is 746. The van der Waals surface area contributed by atoms with E-state index in [0.29, 0.717) is 11.2 Å². The third kappa shape index (κ3) is 1.56. The molecule has 0 atom stereocenters. The highest BCUT2D eigenvalue weighted by Crippen LogP contribution is 2.08. The van der Waals surface area contributed by atoms with Gasteiger partial charge in [0.1, 0.15) is 11.2 Å². The van der Waals surface area contributed by atoms with E-state index in [0.717, 1.165) is 12.0 Å². The number of hydrogen-bond acceptors (Lipinski definition) is 5. The second kappa shape index (κ2) is 4.02. The Morgan fingerprint density at radius 1 is 1.39 bits per heavy atom. The van der Waals surface area contributed by atoms with Crippen molar-refractivity contribution >= 4 is 5.65 Å². The molecule has 0 radical (unpaired) electrons. The van der Waals surface area contributed by atoms with Crippen molar-refractivity contribution in [3.8, 4) is 11.4 Å². The molecule has 3 aromatic rings. The van der Waals surface area contributed by atoms with Crippen LogP contribution in [0.2, 0.25) is 0 Å². The zero-order chi connectivity index (χ0) is 12.5. The number of aryl methyl sites for hydroxylation is 1. The molecule has 7 heteroatoms. The number of hydrogen-bond donors (Lipinski definition) is 1. The van der Waals surface area contributed by atoms with Crippen LogP contribution in [-0.4, -0.2) is 30.0 Å². The highest BCUT2D eigenvalue weighted by molar-refractivity contribution is 5.54. The monoisotopic (exact) mass is 242 g/mol. The lowest BCUT2D eigenvalue weighted by molar-refractivity contribution is 0.881. The van der Waals surface area contributed by atoms with Gasteiger partial charge in [-0.2, -0.15) is 5.21 Å².